The summed E-state index contributed by atoms with van der Waals surface area (Å²) in [6.45, 7) is 4.82. The smallest absolute Gasteiger partial charge is 0.307 e. The highest BCUT2D eigenvalue weighted by Gasteiger charge is 2.39. The van der Waals surface area contributed by atoms with Gasteiger partial charge in [0.25, 0.3) is 0 Å². The van der Waals surface area contributed by atoms with E-state index in [9.17, 15) is 13.2 Å². The monoisotopic (exact) mass is 467 g/mol. The van der Waals surface area contributed by atoms with Crippen LogP contribution in [0.1, 0.15) is 37.4 Å². The van der Waals surface area contributed by atoms with Gasteiger partial charge < -0.3 is 14.2 Å². The van der Waals surface area contributed by atoms with Crippen molar-refractivity contribution in [3.63, 3.8) is 0 Å². The Bertz CT molecular complexity index is 1060. The zero-order chi connectivity index (χ0) is 22.6. The lowest BCUT2D eigenvalue weighted by Crippen LogP contribution is -2.41. The van der Waals surface area contributed by atoms with Crippen molar-refractivity contribution < 1.29 is 27.4 Å². The second-order valence-electron chi connectivity index (χ2n) is 6.96. The van der Waals surface area contributed by atoms with E-state index in [1.807, 2.05) is 19.9 Å². The molecular weight excluding hydrogens is 442 g/mol. The summed E-state index contributed by atoms with van der Waals surface area (Å²) in [5.74, 6) is 0.598. The van der Waals surface area contributed by atoms with Crippen molar-refractivity contribution in [3.05, 3.63) is 52.5 Å². The van der Waals surface area contributed by atoms with Crippen LogP contribution in [0, 0.1) is 0 Å². The Morgan fingerprint density at radius 3 is 2.39 bits per heavy atom. The van der Waals surface area contributed by atoms with Crippen LogP contribution in [0.5, 0.6) is 11.5 Å². The number of nitrogens with zero attached hydrogens (tertiary/aromatic N) is 1. The maximum Gasteiger partial charge on any atom is 0.307 e. The zero-order valence-electron chi connectivity index (χ0n) is 17.8. The summed E-state index contributed by atoms with van der Waals surface area (Å²) in [4.78, 5) is 12.2. The minimum Gasteiger partial charge on any atom is -0.490 e. The molecule has 1 aliphatic rings. The highest BCUT2D eigenvalue weighted by atomic mass is 35.5. The molecule has 1 heterocycles. The molecule has 3 rings (SSSR count). The minimum absolute atomic E-state index is 0.00551. The maximum atomic E-state index is 13.5. The Morgan fingerprint density at radius 1 is 1.13 bits per heavy atom. The lowest BCUT2D eigenvalue weighted by atomic mass is 9.91. The van der Waals surface area contributed by atoms with Crippen LogP contribution in [0.4, 0.5) is 0 Å². The van der Waals surface area contributed by atoms with Gasteiger partial charge in [0.15, 0.2) is 11.5 Å². The van der Waals surface area contributed by atoms with E-state index in [-0.39, 0.29) is 22.9 Å². The number of methoxy groups -OCH3 is 1. The molecule has 31 heavy (non-hydrogen) atoms. The van der Waals surface area contributed by atoms with Gasteiger partial charge >= 0.3 is 5.97 Å². The number of ether oxygens (including phenoxy) is 3. The maximum absolute atomic E-state index is 13.5. The molecule has 0 fully saturated rings. The van der Waals surface area contributed by atoms with Gasteiger partial charge in [0, 0.05) is 6.54 Å². The molecule has 0 bridgehead atoms. The van der Waals surface area contributed by atoms with E-state index in [0.29, 0.717) is 36.7 Å². The molecule has 0 saturated carbocycles. The third kappa shape index (κ3) is 4.81. The van der Waals surface area contributed by atoms with Crippen LogP contribution in [0.15, 0.2) is 41.3 Å². The molecule has 0 aliphatic carbocycles. The molecule has 0 amide bonds. The number of hydrogen-bond donors (Lipinski definition) is 0. The number of esters is 1. The van der Waals surface area contributed by atoms with E-state index in [0.717, 1.165) is 5.56 Å². The lowest BCUT2D eigenvalue weighted by Gasteiger charge is -2.36. The van der Waals surface area contributed by atoms with Gasteiger partial charge in [-0.05, 0) is 55.7 Å². The number of benzene rings is 2. The SMILES string of the molecule is CCOc1cc2c(cc1OCC)[C@H](CC(=O)OC)N(S(=O)(=O)c1ccccc1Cl)CC2. The van der Waals surface area contributed by atoms with Gasteiger partial charge in [0.05, 0.1) is 37.8 Å². The first-order valence-corrected chi connectivity index (χ1v) is 11.9. The molecule has 9 heteroatoms. The van der Waals surface area contributed by atoms with Crippen LogP contribution in [0.25, 0.3) is 0 Å². The van der Waals surface area contributed by atoms with Gasteiger partial charge in [0.2, 0.25) is 10.0 Å². The first-order valence-electron chi connectivity index (χ1n) is 10.1. The van der Waals surface area contributed by atoms with E-state index < -0.39 is 22.0 Å². The van der Waals surface area contributed by atoms with Gasteiger partial charge in [-0.1, -0.05) is 23.7 Å². The molecule has 0 spiro atoms. The Labute approximate surface area is 187 Å². The number of sulfonamides is 1. The number of hydrogen-bond acceptors (Lipinski definition) is 6. The van der Waals surface area contributed by atoms with Gasteiger partial charge in [-0.2, -0.15) is 4.31 Å². The van der Waals surface area contributed by atoms with Crippen molar-refractivity contribution in [1.82, 2.24) is 4.31 Å². The Kier molecular flexibility index (Phi) is 7.46. The number of carbonyl (C=O) groups excluding carboxylic acids is 1. The molecule has 0 unspecified atom stereocenters. The Balaban J connectivity index is 2.13. The topological polar surface area (TPSA) is 82.1 Å². The van der Waals surface area contributed by atoms with Gasteiger partial charge in [-0.25, -0.2) is 8.42 Å². The average Bonchev–Trinajstić information content (AvgIpc) is 2.74. The third-order valence-corrected chi connectivity index (χ3v) is 7.53. The van der Waals surface area contributed by atoms with Crippen LogP contribution in [-0.2, 0) is 26.0 Å². The number of halogens is 1. The quantitative estimate of drug-likeness (QED) is 0.546. The molecule has 0 N–H and O–H groups in total. The average molecular weight is 468 g/mol. The van der Waals surface area contributed by atoms with Crippen molar-refractivity contribution >= 4 is 27.6 Å². The van der Waals surface area contributed by atoms with E-state index in [1.54, 1.807) is 18.2 Å². The molecule has 1 aliphatic heterocycles. The normalized spacial score (nSPS) is 16.5. The molecule has 1 atom stereocenters. The lowest BCUT2D eigenvalue weighted by molar-refractivity contribution is -0.141. The zero-order valence-corrected chi connectivity index (χ0v) is 19.3. The molecule has 2 aromatic carbocycles. The van der Waals surface area contributed by atoms with Gasteiger partial charge in [0.1, 0.15) is 4.90 Å². The largest absolute Gasteiger partial charge is 0.490 e. The van der Waals surface area contributed by atoms with Crippen molar-refractivity contribution in [3.8, 4) is 11.5 Å². The number of carbonyl (C=O) groups is 1. The minimum atomic E-state index is -3.96. The summed E-state index contributed by atoms with van der Waals surface area (Å²) in [5, 5.41) is 0.131. The standard InChI is InChI=1S/C22H26ClNO6S/c1-4-29-19-12-15-10-11-24(31(26,27)21-9-7-6-8-17(21)23)18(14-22(25)28-3)16(15)13-20(19)30-5-2/h6-9,12-13,18H,4-5,10-11,14H2,1-3H3/t18-/m0/s1. The fraction of sp³-hybridized carbons (Fsp3) is 0.409. The molecular formula is C22H26ClNO6S. The summed E-state index contributed by atoms with van der Waals surface area (Å²) >= 11 is 6.20. The van der Waals surface area contributed by atoms with Crippen LogP contribution in [0.3, 0.4) is 0 Å². The highest BCUT2D eigenvalue weighted by molar-refractivity contribution is 7.89. The summed E-state index contributed by atoms with van der Waals surface area (Å²) < 4.78 is 44.6. The van der Waals surface area contributed by atoms with Crippen molar-refractivity contribution in [2.45, 2.75) is 37.6 Å². The predicted molar refractivity (Wildman–Crippen MR) is 117 cm³/mol. The second-order valence-corrected chi connectivity index (χ2v) is 9.22. The predicted octanol–water partition coefficient (Wildman–Crippen LogP) is 3.99. The van der Waals surface area contributed by atoms with E-state index in [4.69, 9.17) is 25.8 Å². The molecule has 168 valence electrons. The number of fused-ring (bicyclic) bond motifs is 1. The first-order chi connectivity index (χ1) is 14.8. The van der Waals surface area contributed by atoms with E-state index in [2.05, 4.69) is 0 Å². The third-order valence-electron chi connectivity index (χ3n) is 5.12. The summed E-state index contributed by atoms with van der Waals surface area (Å²) in [7, 11) is -2.68. The molecule has 0 radical (unpaired) electrons. The Hall–Kier alpha value is -2.29. The van der Waals surface area contributed by atoms with Crippen molar-refractivity contribution in [1.29, 1.82) is 0 Å². The highest BCUT2D eigenvalue weighted by Crippen LogP contribution is 2.42. The number of rotatable bonds is 8. The molecule has 0 aromatic heterocycles. The van der Waals surface area contributed by atoms with Crippen LogP contribution in [0.2, 0.25) is 5.02 Å². The fourth-order valence-corrected chi connectivity index (χ4v) is 5.84. The van der Waals surface area contributed by atoms with Crippen molar-refractivity contribution in [2.24, 2.45) is 0 Å². The summed E-state index contributed by atoms with van der Waals surface area (Å²) in [5.41, 5.74) is 1.60. The Morgan fingerprint density at radius 2 is 1.77 bits per heavy atom. The van der Waals surface area contributed by atoms with Crippen molar-refractivity contribution in [2.75, 3.05) is 26.9 Å². The first kappa shape index (κ1) is 23.4. The van der Waals surface area contributed by atoms with E-state index >= 15 is 0 Å². The molecule has 7 nitrogen and oxygen atoms in total. The summed E-state index contributed by atoms with van der Waals surface area (Å²) in [6, 6.07) is 9.16. The van der Waals surface area contributed by atoms with Crippen LogP contribution in [-0.4, -0.2) is 45.6 Å². The summed E-state index contributed by atoms with van der Waals surface area (Å²) in [6.07, 6.45) is 0.329. The molecule has 0 saturated heterocycles. The van der Waals surface area contributed by atoms with Crippen LogP contribution < -0.4 is 9.47 Å². The van der Waals surface area contributed by atoms with Gasteiger partial charge in [-0.3, -0.25) is 4.79 Å². The molecule has 2 aromatic rings. The van der Waals surface area contributed by atoms with Crippen LogP contribution >= 0.6 is 11.6 Å². The van der Waals surface area contributed by atoms with E-state index in [1.165, 1.54) is 23.5 Å². The second kappa shape index (κ2) is 9.89. The van der Waals surface area contributed by atoms with Gasteiger partial charge in [-0.15, -0.1) is 0 Å². The fourth-order valence-electron chi connectivity index (χ4n) is 3.74.